The van der Waals surface area contributed by atoms with Crippen LogP contribution in [0.1, 0.15) is 38.3 Å². The second kappa shape index (κ2) is 6.10. The van der Waals surface area contributed by atoms with E-state index in [-0.39, 0.29) is 17.0 Å². The van der Waals surface area contributed by atoms with Gasteiger partial charge in [-0.2, -0.15) is 15.6 Å². The molecule has 7 nitrogen and oxygen atoms in total. The summed E-state index contributed by atoms with van der Waals surface area (Å²) in [5.41, 5.74) is 12.4. The largest absolute Gasteiger partial charge is 0.378 e. The van der Waals surface area contributed by atoms with Crippen molar-refractivity contribution in [2.75, 3.05) is 19.0 Å². The van der Waals surface area contributed by atoms with Crippen molar-refractivity contribution in [1.29, 1.82) is 0 Å². The summed E-state index contributed by atoms with van der Waals surface area (Å²) < 4.78 is 0. The number of nitrogens with one attached hydrogen (secondary N) is 3. The van der Waals surface area contributed by atoms with Crippen LogP contribution in [0.4, 0.5) is 5.69 Å². The molecule has 3 N–H and O–H groups in total. The Kier molecular flexibility index (Phi) is 4.04. The molecule has 0 radical (unpaired) electrons. The number of amidine groups is 2. The number of fused-ring (bicyclic) bond motifs is 3. The second-order valence-corrected chi connectivity index (χ2v) is 7.95. The number of hydrogen-bond donors (Lipinski definition) is 3. The van der Waals surface area contributed by atoms with Crippen molar-refractivity contribution in [3.63, 3.8) is 0 Å². The Labute approximate surface area is 152 Å². The summed E-state index contributed by atoms with van der Waals surface area (Å²) in [4.78, 5) is 2.11. The summed E-state index contributed by atoms with van der Waals surface area (Å²) >= 11 is 1.75. The van der Waals surface area contributed by atoms with E-state index in [0.29, 0.717) is 0 Å². The van der Waals surface area contributed by atoms with Crippen LogP contribution in [0.5, 0.6) is 0 Å². The smallest absolute Gasteiger partial charge is 0.204 e. The van der Waals surface area contributed by atoms with E-state index in [4.69, 9.17) is 0 Å². The van der Waals surface area contributed by atoms with Crippen molar-refractivity contribution in [3.8, 4) is 0 Å². The van der Waals surface area contributed by atoms with Crippen LogP contribution in [-0.4, -0.2) is 41.0 Å². The molecular formula is C17H25N7S. The summed E-state index contributed by atoms with van der Waals surface area (Å²) in [7, 11) is 4.11. The molecule has 0 aromatic heterocycles. The molecule has 0 bridgehead atoms. The Hall–Kier alpha value is -1.93. The van der Waals surface area contributed by atoms with Crippen LogP contribution in [0.25, 0.3) is 0 Å². The van der Waals surface area contributed by atoms with Gasteiger partial charge in [0.25, 0.3) is 0 Å². The van der Waals surface area contributed by atoms with Gasteiger partial charge >= 0.3 is 0 Å². The molecular weight excluding hydrogens is 334 g/mol. The fraction of sp³-hybridized carbons (Fsp3) is 0.529. The number of rotatable bonds is 4. The van der Waals surface area contributed by atoms with Crippen LogP contribution in [0.3, 0.4) is 0 Å². The predicted molar refractivity (Wildman–Crippen MR) is 104 cm³/mol. The highest BCUT2D eigenvalue weighted by Crippen LogP contribution is 2.40. The zero-order valence-corrected chi connectivity index (χ0v) is 15.9. The highest BCUT2D eigenvalue weighted by atomic mass is 32.2. The monoisotopic (exact) mass is 359 g/mol. The Morgan fingerprint density at radius 3 is 2.52 bits per heavy atom. The third-order valence-electron chi connectivity index (χ3n) is 5.20. The van der Waals surface area contributed by atoms with Gasteiger partial charge in [-0.15, -0.1) is 0 Å². The predicted octanol–water partition coefficient (Wildman–Crippen LogP) is 2.02. The maximum Gasteiger partial charge on any atom is 0.204 e. The fourth-order valence-electron chi connectivity index (χ4n) is 3.35. The minimum Gasteiger partial charge on any atom is -0.378 e. The van der Waals surface area contributed by atoms with Crippen LogP contribution < -0.4 is 21.2 Å². The van der Waals surface area contributed by atoms with Crippen molar-refractivity contribution < 1.29 is 0 Å². The summed E-state index contributed by atoms with van der Waals surface area (Å²) in [6, 6.07) is 8.82. The zero-order chi connectivity index (χ0) is 17.6. The topological polar surface area (TPSA) is 67.3 Å². The van der Waals surface area contributed by atoms with E-state index < -0.39 is 0 Å². The lowest BCUT2D eigenvalue weighted by Gasteiger charge is -2.40. The normalized spacial score (nSPS) is 26.2. The first-order chi connectivity index (χ1) is 12.1. The number of benzene rings is 1. The van der Waals surface area contributed by atoms with Crippen molar-refractivity contribution >= 4 is 28.5 Å². The standard InChI is InChI=1S/C17H25N7S/c1-5-17(6-2)21-20-16-24(22-17)15-14(25-16)13(18-19-15)11-7-9-12(10-8-11)23(3)4/h7-10,13-14,18,21-22H,5-6H2,1-4H3. The Balaban J connectivity index is 1.56. The summed E-state index contributed by atoms with van der Waals surface area (Å²) in [6.07, 6.45) is 1.89. The van der Waals surface area contributed by atoms with Crippen molar-refractivity contribution in [2.24, 2.45) is 10.2 Å². The summed E-state index contributed by atoms with van der Waals surface area (Å²) in [5, 5.41) is 12.5. The molecule has 3 aliphatic rings. The molecule has 0 amide bonds. The van der Waals surface area contributed by atoms with Gasteiger partial charge in [0.2, 0.25) is 5.17 Å². The van der Waals surface area contributed by atoms with Gasteiger partial charge in [0, 0.05) is 19.8 Å². The molecule has 4 rings (SSSR count). The lowest BCUT2D eigenvalue weighted by Crippen LogP contribution is -2.65. The first kappa shape index (κ1) is 16.5. The summed E-state index contributed by atoms with van der Waals surface area (Å²) in [5.74, 6) is 1.01. The molecule has 1 aromatic rings. The van der Waals surface area contributed by atoms with E-state index in [0.717, 1.165) is 23.8 Å². The van der Waals surface area contributed by atoms with Crippen LogP contribution in [0, 0.1) is 0 Å². The maximum atomic E-state index is 4.62. The molecule has 25 heavy (non-hydrogen) atoms. The third-order valence-corrected chi connectivity index (χ3v) is 6.42. The molecule has 1 saturated heterocycles. The lowest BCUT2D eigenvalue weighted by atomic mass is 10.0. The number of hydrazone groups is 2. The average Bonchev–Trinajstić information content (AvgIpc) is 3.20. The lowest BCUT2D eigenvalue weighted by molar-refractivity contribution is 0.156. The molecule has 0 aliphatic carbocycles. The number of nitrogens with zero attached hydrogens (tertiary/aromatic N) is 4. The van der Waals surface area contributed by atoms with Gasteiger partial charge in [-0.25, -0.2) is 5.01 Å². The number of hydrazine groups is 1. The van der Waals surface area contributed by atoms with Gasteiger partial charge in [0.1, 0.15) is 5.66 Å². The van der Waals surface area contributed by atoms with Gasteiger partial charge in [0.05, 0.1) is 11.3 Å². The highest BCUT2D eigenvalue weighted by Gasteiger charge is 2.49. The van der Waals surface area contributed by atoms with Gasteiger partial charge in [-0.1, -0.05) is 37.7 Å². The van der Waals surface area contributed by atoms with Crippen LogP contribution >= 0.6 is 11.8 Å². The van der Waals surface area contributed by atoms with Crippen molar-refractivity contribution in [3.05, 3.63) is 29.8 Å². The molecule has 3 aliphatic heterocycles. The summed E-state index contributed by atoms with van der Waals surface area (Å²) in [6.45, 7) is 4.32. The van der Waals surface area contributed by atoms with Gasteiger partial charge in [-0.05, 0) is 30.5 Å². The van der Waals surface area contributed by atoms with E-state index in [1.807, 2.05) is 0 Å². The zero-order valence-electron chi connectivity index (χ0n) is 15.1. The highest BCUT2D eigenvalue weighted by molar-refractivity contribution is 8.15. The van der Waals surface area contributed by atoms with E-state index in [9.17, 15) is 0 Å². The molecule has 134 valence electrons. The van der Waals surface area contributed by atoms with Crippen LogP contribution in [-0.2, 0) is 0 Å². The van der Waals surface area contributed by atoms with E-state index in [1.54, 1.807) is 11.8 Å². The first-order valence-electron chi connectivity index (χ1n) is 8.77. The van der Waals surface area contributed by atoms with Crippen molar-refractivity contribution in [1.82, 2.24) is 21.3 Å². The van der Waals surface area contributed by atoms with Crippen LogP contribution in [0.15, 0.2) is 34.5 Å². The van der Waals surface area contributed by atoms with E-state index in [1.165, 1.54) is 11.3 Å². The molecule has 1 fully saturated rings. The quantitative estimate of drug-likeness (QED) is 0.764. The Morgan fingerprint density at radius 2 is 1.88 bits per heavy atom. The maximum absolute atomic E-state index is 4.62. The SMILES string of the molecule is CCC1(CC)NN=C2SC3C(=NNC3c3ccc(N(C)C)cc3)N2N1. The Bertz CT molecular complexity index is 708. The average molecular weight is 360 g/mol. The molecule has 2 unspecified atom stereocenters. The third kappa shape index (κ3) is 2.64. The van der Waals surface area contributed by atoms with Gasteiger partial charge in [-0.3, -0.25) is 10.9 Å². The van der Waals surface area contributed by atoms with Gasteiger partial charge < -0.3 is 4.90 Å². The fourth-order valence-corrected chi connectivity index (χ4v) is 4.54. The number of hydrogen-bond acceptors (Lipinski definition) is 8. The minimum atomic E-state index is -0.201. The number of thioether (sulfide) groups is 1. The Morgan fingerprint density at radius 1 is 1.16 bits per heavy atom. The molecule has 8 heteroatoms. The van der Waals surface area contributed by atoms with Crippen LogP contribution in [0.2, 0.25) is 0 Å². The molecule has 0 saturated carbocycles. The molecule has 2 atom stereocenters. The minimum absolute atomic E-state index is 0.156. The molecule has 1 aromatic carbocycles. The van der Waals surface area contributed by atoms with Gasteiger partial charge in [0.15, 0.2) is 5.84 Å². The number of anilines is 1. The first-order valence-corrected chi connectivity index (χ1v) is 9.64. The second-order valence-electron chi connectivity index (χ2n) is 6.84. The molecule has 3 heterocycles. The van der Waals surface area contributed by atoms with Crippen molar-refractivity contribution in [2.45, 2.75) is 43.6 Å². The van der Waals surface area contributed by atoms with E-state index in [2.05, 4.69) is 88.6 Å². The van der Waals surface area contributed by atoms with E-state index >= 15 is 0 Å². The molecule has 0 spiro atoms.